The van der Waals surface area contributed by atoms with Crippen LogP contribution in [-0.2, 0) is 13.6 Å². The summed E-state index contributed by atoms with van der Waals surface area (Å²) in [7, 11) is -1.14. The molecule has 0 aliphatic carbocycles. The molecule has 0 radical (unpaired) electrons. The zero-order chi connectivity index (χ0) is 9.68. The van der Waals surface area contributed by atoms with Gasteiger partial charge in [-0.15, -0.1) is 4.52 Å². The van der Waals surface area contributed by atoms with Crippen LogP contribution in [0.2, 0.25) is 0 Å². The molecule has 1 atom stereocenters. The van der Waals surface area contributed by atoms with Gasteiger partial charge in [-0.05, 0) is 12.1 Å². The van der Waals surface area contributed by atoms with E-state index in [4.69, 9.17) is 0 Å². The van der Waals surface area contributed by atoms with Crippen molar-refractivity contribution in [2.24, 2.45) is 0 Å². The Morgan fingerprint density at radius 1 is 1.36 bits per heavy atom. The predicted molar refractivity (Wildman–Crippen MR) is 47.6 cm³/mol. The van der Waals surface area contributed by atoms with E-state index in [0.717, 1.165) is 0 Å². The molecule has 0 saturated carbocycles. The van der Waals surface area contributed by atoms with Crippen LogP contribution in [0.1, 0.15) is 11.8 Å². The van der Waals surface area contributed by atoms with E-state index in [1.54, 1.807) is 30.3 Å². The Bertz CT molecular complexity index is 320. The summed E-state index contributed by atoms with van der Waals surface area (Å²) in [5, 5.41) is 0. The molecule has 0 aromatic heterocycles. The standard InChI is InChI=1S/C8H8O4P.Na.H/c1-11-13(10)12-8(9)7-5-3-2-4-6-7;;/h2-6H,1H3;;/q2*+1;-1. The van der Waals surface area contributed by atoms with Crippen molar-refractivity contribution in [1.29, 1.82) is 0 Å². The number of benzene rings is 1. The third-order valence-corrected chi connectivity index (χ3v) is 1.93. The minimum atomic E-state index is -2.34. The molecular weight excluding hydrogens is 214 g/mol. The van der Waals surface area contributed by atoms with Crippen molar-refractivity contribution in [2.75, 3.05) is 7.11 Å². The fraction of sp³-hybridized carbons (Fsp3) is 0.125. The fourth-order valence-corrected chi connectivity index (χ4v) is 1.05. The van der Waals surface area contributed by atoms with Crippen molar-refractivity contribution in [3.63, 3.8) is 0 Å². The molecule has 0 saturated heterocycles. The van der Waals surface area contributed by atoms with Gasteiger partial charge in [0.15, 0.2) is 0 Å². The minimum Gasteiger partial charge on any atom is -1.00 e. The maximum atomic E-state index is 11.1. The molecule has 0 bridgehead atoms. The molecular formula is C8H9NaO4P+. The molecule has 0 fully saturated rings. The van der Waals surface area contributed by atoms with E-state index < -0.39 is 14.2 Å². The molecule has 0 aliphatic rings. The van der Waals surface area contributed by atoms with Gasteiger partial charge in [-0.1, -0.05) is 18.2 Å². The number of carbonyl (C=O) groups excluding carboxylic acids is 1. The number of hydrogen-bond acceptors (Lipinski definition) is 4. The molecule has 14 heavy (non-hydrogen) atoms. The molecule has 4 nitrogen and oxygen atoms in total. The second kappa shape index (κ2) is 7.10. The van der Waals surface area contributed by atoms with Crippen molar-refractivity contribution < 1.29 is 49.4 Å². The monoisotopic (exact) mass is 223 g/mol. The Balaban J connectivity index is 0. The minimum absolute atomic E-state index is 0. The number of carbonyl (C=O) groups is 1. The SMILES string of the molecule is CO[P+](=O)OC(=O)c1ccccc1.[H-].[Na+]. The van der Waals surface area contributed by atoms with Crippen LogP contribution >= 0.6 is 8.25 Å². The van der Waals surface area contributed by atoms with Crippen LogP contribution in [0.25, 0.3) is 0 Å². The first-order valence-corrected chi connectivity index (χ1v) is 4.62. The predicted octanol–water partition coefficient (Wildman–Crippen LogP) is -0.736. The van der Waals surface area contributed by atoms with E-state index in [1.165, 1.54) is 7.11 Å². The molecule has 0 spiro atoms. The second-order valence-corrected chi connectivity index (χ2v) is 3.15. The van der Waals surface area contributed by atoms with Crippen LogP contribution in [0.5, 0.6) is 0 Å². The van der Waals surface area contributed by atoms with Gasteiger partial charge in [0.2, 0.25) is 0 Å². The van der Waals surface area contributed by atoms with Crippen LogP contribution in [0, 0.1) is 0 Å². The smallest absolute Gasteiger partial charge is 1.00 e. The Labute approximate surface area is 106 Å². The number of hydrogen-bond donors (Lipinski definition) is 0. The van der Waals surface area contributed by atoms with Crippen molar-refractivity contribution in [2.45, 2.75) is 0 Å². The van der Waals surface area contributed by atoms with E-state index in [9.17, 15) is 9.36 Å². The van der Waals surface area contributed by atoms with E-state index in [2.05, 4.69) is 9.05 Å². The van der Waals surface area contributed by atoms with Crippen molar-refractivity contribution >= 4 is 14.2 Å². The quantitative estimate of drug-likeness (QED) is 0.500. The van der Waals surface area contributed by atoms with Gasteiger partial charge < -0.3 is 1.43 Å². The first-order chi connectivity index (χ1) is 6.24. The van der Waals surface area contributed by atoms with Crippen LogP contribution in [0.4, 0.5) is 0 Å². The summed E-state index contributed by atoms with van der Waals surface area (Å²) in [5.74, 6) is -0.649. The van der Waals surface area contributed by atoms with E-state index in [-0.39, 0.29) is 31.0 Å². The largest absolute Gasteiger partial charge is 1.00 e. The van der Waals surface area contributed by atoms with Gasteiger partial charge in [0, 0.05) is 4.57 Å². The molecule has 0 aliphatic heterocycles. The molecule has 1 unspecified atom stereocenters. The van der Waals surface area contributed by atoms with E-state index >= 15 is 0 Å². The first-order valence-electron chi connectivity index (χ1n) is 3.52. The molecule has 0 amide bonds. The van der Waals surface area contributed by atoms with E-state index in [1.807, 2.05) is 0 Å². The Morgan fingerprint density at radius 3 is 2.43 bits per heavy atom. The number of rotatable bonds is 3. The molecule has 1 aromatic rings. The third-order valence-electron chi connectivity index (χ3n) is 1.32. The average molecular weight is 223 g/mol. The zero-order valence-corrected chi connectivity index (χ0v) is 10.9. The van der Waals surface area contributed by atoms with Crippen LogP contribution < -0.4 is 29.6 Å². The van der Waals surface area contributed by atoms with Crippen molar-refractivity contribution in [3.05, 3.63) is 35.9 Å². The zero-order valence-electron chi connectivity index (χ0n) is 8.97. The summed E-state index contributed by atoms with van der Waals surface area (Å²) in [6.07, 6.45) is 0. The van der Waals surface area contributed by atoms with Crippen LogP contribution in [0.15, 0.2) is 30.3 Å². The summed E-state index contributed by atoms with van der Waals surface area (Å²) in [5.41, 5.74) is 0.350. The van der Waals surface area contributed by atoms with Crippen LogP contribution in [-0.4, -0.2) is 13.1 Å². The summed E-state index contributed by atoms with van der Waals surface area (Å²) < 4.78 is 19.4. The van der Waals surface area contributed by atoms with Crippen molar-refractivity contribution in [1.82, 2.24) is 0 Å². The van der Waals surface area contributed by atoms with Crippen molar-refractivity contribution in [3.8, 4) is 0 Å². The van der Waals surface area contributed by atoms with Gasteiger partial charge in [-0.25, -0.2) is 4.79 Å². The van der Waals surface area contributed by atoms with Gasteiger partial charge in [-0.2, -0.15) is 4.52 Å². The molecule has 1 aromatic carbocycles. The molecule has 0 heterocycles. The Hall–Kier alpha value is -0.250. The summed E-state index contributed by atoms with van der Waals surface area (Å²) in [4.78, 5) is 11.1. The average Bonchev–Trinajstić information content (AvgIpc) is 2.19. The normalized spacial score (nSPS) is 9.93. The van der Waals surface area contributed by atoms with E-state index in [0.29, 0.717) is 5.56 Å². The molecule has 70 valence electrons. The molecule has 6 heteroatoms. The fourth-order valence-electron chi connectivity index (χ4n) is 0.732. The van der Waals surface area contributed by atoms with Gasteiger partial charge in [0.05, 0.1) is 12.7 Å². The summed E-state index contributed by atoms with van der Waals surface area (Å²) >= 11 is 0. The Morgan fingerprint density at radius 2 is 1.93 bits per heavy atom. The second-order valence-electron chi connectivity index (χ2n) is 2.15. The van der Waals surface area contributed by atoms with Gasteiger partial charge >= 0.3 is 43.8 Å². The van der Waals surface area contributed by atoms with Gasteiger partial charge in [-0.3, -0.25) is 0 Å². The topological polar surface area (TPSA) is 52.6 Å². The summed E-state index contributed by atoms with van der Waals surface area (Å²) in [6.45, 7) is 0. The summed E-state index contributed by atoms with van der Waals surface area (Å²) in [6, 6.07) is 8.29. The Kier molecular flexibility index (Phi) is 6.97. The first kappa shape index (κ1) is 13.8. The maximum Gasteiger partial charge on any atom is 1.00 e. The molecule has 0 N–H and O–H groups in total. The van der Waals surface area contributed by atoms with Crippen LogP contribution in [0.3, 0.4) is 0 Å². The molecule has 1 rings (SSSR count). The van der Waals surface area contributed by atoms with Gasteiger partial charge in [0.25, 0.3) is 0 Å². The third kappa shape index (κ3) is 4.31. The van der Waals surface area contributed by atoms with Gasteiger partial charge in [0.1, 0.15) is 0 Å². The maximum absolute atomic E-state index is 11.1.